The number of hydrogen-bond acceptors (Lipinski definition) is 7. The van der Waals surface area contributed by atoms with E-state index < -0.39 is 12.0 Å². The number of aromatic nitrogens is 1. The van der Waals surface area contributed by atoms with Gasteiger partial charge < -0.3 is 14.2 Å². The van der Waals surface area contributed by atoms with E-state index in [0.717, 1.165) is 11.1 Å². The average Bonchev–Trinajstić information content (AvgIpc) is 3.26. The van der Waals surface area contributed by atoms with Crippen LogP contribution in [0.25, 0.3) is 6.08 Å². The molecule has 2 heterocycles. The first-order valence-electron chi connectivity index (χ1n) is 12.7. The Hall–Kier alpha value is -4.14. The van der Waals surface area contributed by atoms with Gasteiger partial charge in [-0.15, -0.1) is 0 Å². The van der Waals surface area contributed by atoms with E-state index in [4.69, 9.17) is 25.8 Å². The van der Waals surface area contributed by atoms with Crippen molar-refractivity contribution >= 4 is 35.0 Å². The fraction of sp³-hybridized carbons (Fsp3) is 0.194. The van der Waals surface area contributed by atoms with E-state index in [0.29, 0.717) is 49.3 Å². The number of ether oxygens (including phenoxy) is 3. The van der Waals surface area contributed by atoms with Gasteiger partial charge in [0.15, 0.2) is 16.3 Å². The van der Waals surface area contributed by atoms with Crippen molar-refractivity contribution in [3.8, 4) is 11.5 Å². The van der Waals surface area contributed by atoms with Crippen LogP contribution in [0.1, 0.15) is 36.6 Å². The molecule has 4 aromatic rings. The number of methoxy groups -OCH3 is 1. The summed E-state index contributed by atoms with van der Waals surface area (Å²) in [7, 11) is 1.54. The standard InChI is InChI=1S/C31H27ClN2O5S/c1-4-38-30(36)26-19(2)33-31-34(27(26)22-13-9-6-10-14-22)29(35)25(40-31)17-21-15-23(32)28(24(16-21)37-3)39-18-20-11-7-5-8-12-20/h5-17,27H,4,18H2,1-3H3/t27-/m1/s1. The molecule has 5 rings (SSSR count). The Morgan fingerprint density at radius 2 is 1.80 bits per heavy atom. The summed E-state index contributed by atoms with van der Waals surface area (Å²) in [5, 5.41) is 0.358. The Morgan fingerprint density at radius 3 is 2.48 bits per heavy atom. The van der Waals surface area contributed by atoms with Gasteiger partial charge >= 0.3 is 5.97 Å². The lowest BCUT2D eigenvalue weighted by atomic mass is 9.96. The number of esters is 1. The maximum absolute atomic E-state index is 13.8. The number of nitrogens with zero attached hydrogens (tertiary/aromatic N) is 2. The van der Waals surface area contributed by atoms with Crippen molar-refractivity contribution < 1.29 is 19.0 Å². The molecule has 204 valence electrons. The van der Waals surface area contributed by atoms with Crippen LogP contribution in [0, 0.1) is 0 Å². The highest BCUT2D eigenvalue weighted by Crippen LogP contribution is 2.37. The maximum Gasteiger partial charge on any atom is 0.338 e. The Kier molecular flexibility index (Phi) is 8.19. The van der Waals surface area contributed by atoms with Gasteiger partial charge in [0.1, 0.15) is 6.61 Å². The second-order valence-corrected chi connectivity index (χ2v) is 10.4. The highest BCUT2D eigenvalue weighted by molar-refractivity contribution is 7.07. The first kappa shape index (κ1) is 27.4. The molecule has 40 heavy (non-hydrogen) atoms. The number of benzene rings is 3. The molecule has 0 saturated carbocycles. The van der Waals surface area contributed by atoms with Crippen molar-refractivity contribution in [2.24, 2.45) is 4.99 Å². The Labute approximate surface area is 240 Å². The van der Waals surface area contributed by atoms with Crippen molar-refractivity contribution in [3.63, 3.8) is 0 Å². The Bertz CT molecular complexity index is 1760. The molecule has 0 fully saturated rings. The average molecular weight is 575 g/mol. The molecule has 1 aromatic heterocycles. The lowest BCUT2D eigenvalue weighted by Crippen LogP contribution is -2.39. The quantitative estimate of drug-likeness (QED) is 0.276. The molecule has 0 radical (unpaired) electrons. The van der Waals surface area contributed by atoms with Crippen LogP contribution in [0.4, 0.5) is 0 Å². The molecular formula is C31H27ClN2O5S. The van der Waals surface area contributed by atoms with Gasteiger partial charge in [0, 0.05) is 0 Å². The number of hydrogen-bond donors (Lipinski definition) is 0. The van der Waals surface area contributed by atoms with Crippen LogP contribution in [0.2, 0.25) is 5.02 Å². The topological polar surface area (TPSA) is 79.1 Å². The second-order valence-electron chi connectivity index (χ2n) is 9.02. The zero-order chi connectivity index (χ0) is 28.2. The van der Waals surface area contributed by atoms with Crippen LogP contribution in [-0.2, 0) is 16.1 Å². The summed E-state index contributed by atoms with van der Waals surface area (Å²) in [6, 6.07) is 22.0. The minimum atomic E-state index is -0.662. The summed E-state index contributed by atoms with van der Waals surface area (Å²) in [6.07, 6.45) is 1.74. The summed E-state index contributed by atoms with van der Waals surface area (Å²) in [5.41, 5.74) is 3.04. The van der Waals surface area contributed by atoms with Crippen molar-refractivity contribution in [2.75, 3.05) is 13.7 Å². The van der Waals surface area contributed by atoms with E-state index in [1.807, 2.05) is 60.7 Å². The van der Waals surface area contributed by atoms with Crippen molar-refractivity contribution in [2.45, 2.75) is 26.5 Å². The number of fused-ring (bicyclic) bond motifs is 1. The van der Waals surface area contributed by atoms with Gasteiger partial charge in [0.25, 0.3) is 5.56 Å². The normalized spacial score (nSPS) is 14.9. The molecule has 0 aliphatic carbocycles. The molecule has 0 N–H and O–H groups in total. The van der Waals surface area contributed by atoms with Crippen LogP contribution < -0.4 is 24.4 Å². The van der Waals surface area contributed by atoms with E-state index in [2.05, 4.69) is 4.99 Å². The largest absolute Gasteiger partial charge is 0.493 e. The van der Waals surface area contributed by atoms with Gasteiger partial charge in [-0.1, -0.05) is 83.6 Å². The molecule has 0 saturated heterocycles. The van der Waals surface area contributed by atoms with Gasteiger partial charge in [-0.3, -0.25) is 9.36 Å². The number of allylic oxidation sites excluding steroid dienone is 1. The summed E-state index contributed by atoms with van der Waals surface area (Å²) >= 11 is 7.86. The van der Waals surface area contributed by atoms with Gasteiger partial charge in [0.2, 0.25) is 0 Å². The minimum Gasteiger partial charge on any atom is -0.493 e. The summed E-state index contributed by atoms with van der Waals surface area (Å²) < 4.78 is 18.9. The third kappa shape index (κ3) is 5.46. The van der Waals surface area contributed by atoms with Gasteiger partial charge in [-0.05, 0) is 48.7 Å². The van der Waals surface area contributed by atoms with E-state index >= 15 is 0 Å². The first-order valence-corrected chi connectivity index (χ1v) is 13.9. The summed E-state index contributed by atoms with van der Waals surface area (Å²) in [6.45, 7) is 4.06. The Balaban J connectivity index is 1.58. The van der Waals surface area contributed by atoms with Crippen LogP contribution >= 0.6 is 22.9 Å². The summed E-state index contributed by atoms with van der Waals surface area (Å²) in [5.74, 6) is 0.380. The van der Waals surface area contributed by atoms with Gasteiger partial charge in [-0.25, -0.2) is 9.79 Å². The molecule has 1 aliphatic rings. The molecule has 1 atom stereocenters. The predicted octanol–water partition coefficient (Wildman–Crippen LogP) is 5.04. The van der Waals surface area contributed by atoms with Crippen molar-refractivity contribution in [3.05, 3.63) is 125 Å². The number of thiazole rings is 1. The first-order chi connectivity index (χ1) is 19.4. The van der Waals surface area contributed by atoms with Crippen molar-refractivity contribution in [1.82, 2.24) is 4.57 Å². The highest BCUT2D eigenvalue weighted by atomic mass is 35.5. The number of carbonyl (C=O) groups is 1. The number of rotatable bonds is 8. The van der Waals surface area contributed by atoms with Gasteiger partial charge in [-0.2, -0.15) is 0 Å². The minimum absolute atomic E-state index is 0.217. The zero-order valence-corrected chi connectivity index (χ0v) is 23.8. The molecule has 0 unspecified atom stereocenters. The molecule has 0 amide bonds. The van der Waals surface area contributed by atoms with E-state index in [1.54, 1.807) is 36.6 Å². The highest BCUT2D eigenvalue weighted by Gasteiger charge is 2.33. The van der Waals surface area contributed by atoms with E-state index in [1.165, 1.54) is 18.4 Å². The fourth-order valence-electron chi connectivity index (χ4n) is 4.59. The zero-order valence-electron chi connectivity index (χ0n) is 22.2. The summed E-state index contributed by atoms with van der Waals surface area (Å²) in [4.78, 5) is 31.9. The fourth-order valence-corrected chi connectivity index (χ4v) is 5.91. The molecule has 7 nitrogen and oxygen atoms in total. The van der Waals surface area contributed by atoms with Crippen LogP contribution in [0.3, 0.4) is 0 Å². The Morgan fingerprint density at radius 1 is 1.10 bits per heavy atom. The predicted molar refractivity (Wildman–Crippen MR) is 156 cm³/mol. The van der Waals surface area contributed by atoms with Crippen LogP contribution in [0.15, 0.2) is 93.9 Å². The lowest BCUT2D eigenvalue weighted by Gasteiger charge is -2.24. The SMILES string of the molecule is CCOC(=O)C1=C(C)N=c2sc(=Cc3cc(Cl)c(OCc4ccccc4)c(OC)c3)c(=O)n2[C@@H]1c1ccccc1. The van der Waals surface area contributed by atoms with Crippen LogP contribution in [0.5, 0.6) is 11.5 Å². The monoisotopic (exact) mass is 574 g/mol. The molecule has 0 bridgehead atoms. The number of carbonyl (C=O) groups excluding carboxylic acids is 1. The maximum atomic E-state index is 13.8. The molecular weight excluding hydrogens is 548 g/mol. The lowest BCUT2D eigenvalue weighted by molar-refractivity contribution is -0.139. The van der Waals surface area contributed by atoms with Gasteiger partial charge in [0.05, 0.1) is 40.6 Å². The molecule has 9 heteroatoms. The second kappa shape index (κ2) is 11.9. The third-order valence-electron chi connectivity index (χ3n) is 6.41. The van der Waals surface area contributed by atoms with E-state index in [9.17, 15) is 9.59 Å². The van der Waals surface area contributed by atoms with Crippen LogP contribution in [-0.4, -0.2) is 24.3 Å². The third-order valence-corrected chi connectivity index (χ3v) is 7.67. The van der Waals surface area contributed by atoms with Crippen molar-refractivity contribution in [1.29, 1.82) is 0 Å². The smallest absolute Gasteiger partial charge is 0.338 e. The molecule has 3 aromatic carbocycles. The number of halogens is 1. The molecule has 0 spiro atoms. The molecule has 1 aliphatic heterocycles. The van der Waals surface area contributed by atoms with E-state index in [-0.39, 0.29) is 12.2 Å².